The molecule has 1 unspecified atom stereocenters. The number of aromatic nitrogens is 3. The first-order valence-electron chi connectivity index (χ1n) is 8.09. The van der Waals surface area contributed by atoms with Crippen molar-refractivity contribution < 1.29 is 8.42 Å². The SMILES string of the molecule is Cn1c(C2CCCN(S(C)(=O)=O)C2)nn(Cc2cccc(Cl)c2)c1=O. The summed E-state index contributed by atoms with van der Waals surface area (Å²) in [7, 11) is -1.56. The molecule has 1 aliphatic heterocycles. The fourth-order valence-corrected chi connectivity index (χ4v) is 4.35. The largest absolute Gasteiger partial charge is 0.345 e. The Bertz CT molecular complexity index is 935. The maximum absolute atomic E-state index is 12.5. The third kappa shape index (κ3) is 3.96. The molecule has 25 heavy (non-hydrogen) atoms. The molecule has 0 spiro atoms. The van der Waals surface area contributed by atoms with Gasteiger partial charge in [-0.1, -0.05) is 23.7 Å². The zero-order valence-electron chi connectivity index (χ0n) is 14.2. The highest BCUT2D eigenvalue weighted by Gasteiger charge is 2.30. The topological polar surface area (TPSA) is 77.2 Å². The van der Waals surface area contributed by atoms with Gasteiger partial charge in [0.05, 0.1) is 12.8 Å². The van der Waals surface area contributed by atoms with Crippen LogP contribution in [0.25, 0.3) is 0 Å². The lowest BCUT2D eigenvalue weighted by atomic mass is 9.99. The second kappa shape index (κ2) is 6.93. The van der Waals surface area contributed by atoms with Gasteiger partial charge in [0.15, 0.2) is 0 Å². The van der Waals surface area contributed by atoms with Gasteiger partial charge in [0, 0.05) is 31.1 Å². The number of rotatable bonds is 4. The van der Waals surface area contributed by atoms with Crippen LogP contribution >= 0.6 is 11.6 Å². The third-order valence-corrected chi connectivity index (χ3v) is 6.02. The van der Waals surface area contributed by atoms with E-state index in [2.05, 4.69) is 5.10 Å². The van der Waals surface area contributed by atoms with Gasteiger partial charge in [0.2, 0.25) is 10.0 Å². The molecule has 1 aromatic heterocycles. The summed E-state index contributed by atoms with van der Waals surface area (Å²) in [5, 5.41) is 5.09. The molecule has 1 saturated heterocycles. The van der Waals surface area contributed by atoms with Gasteiger partial charge >= 0.3 is 5.69 Å². The number of hydrogen-bond acceptors (Lipinski definition) is 4. The number of hydrogen-bond donors (Lipinski definition) is 0. The molecule has 1 atom stereocenters. The van der Waals surface area contributed by atoms with Crippen LogP contribution in [0.15, 0.2) is 29.1 Å². The van der Waals surface area contributed by atoms with E-state index in [9.17, 15) is 13.2 Å². The van der Waals surface area contributed by atoms with Gasteiger partial charge in [-0.2, -0.15) is 5.10 Å². The van der Waals surface area contributed by atoms with Crippen LogP contribution < -0.4 is 5.69 Å². The number of sulfonamides is 1. The van der Waals surface area contributed by atoms with Crippen LogP contribution in [-0.2, 0) is 23.6 Å². The second-order valence-electron chi connectivity index (χ2n) is 6.45. The molecule has 0 N–H and O–H groups in total. The zero-order valence-corrected chi connectivity index (χ0v) is 15.8. The molecule has 1 aromatic carbocycles. The number of benzene rings is 1. The van der Waals surface area contributed by atoms with Crippen molar-refractivity contribution in [3.8, 4) is 0 Å². The lowest BCUT2D eigenvalue weighted by Crippen LogP contribution is -2.39. The van der Waals surface area contributed by atoms with E-state index in [1.165, 1.54) is 19.8 Å². The van der Waals surface area contributed by atoms with Crippen molar-refractivity contribution in [2.24, 2.45) is 7.05 Å². The first-order valence-corrected chi connectivity index (χ1v) is 10.3. The monoisotopic (exact) mass is 384 g/mol. The quantitative estimate of drug-likeness (QED) is 0.798. The van der Waals surface area contributed by atoms with Crippen LogP contribution in [0.2, 0.25) is 5.02 Å². The maximum Gasteiger partial charge on any atom is 0.345 e. The molecule has 0 saturated carbocycles. The van der Waals surface area contributed by atoms with Crippen molar-refractivity contribution in [3.05, 3.63) is 51.2 Å². The predicted octanol–water partition coefficient (Wildman–Crippen LogP) is 1.42. The molecule has 0 amide bonds. The van der Waals surface area contributed by atoms with Gasteiger partial charge in [-0.25, -0.2) is 22.2 Å². The molecule has 0 radical (unpaired) electrons. The zero-order chi connectivity index (χ0) is 18.2. The number of halogens is 1. The Hall–Kier alpha value is -1.64. The van der Waals surface area contributed by atoms with Gasteiger partial charge < -0.3 is 0 Å². The Morgan fingerprint density at radius 1 is 1.36 bits per heavy atom. The summed E-state index contributed by atoms with van der Waals surface area (Å²) in [5.74, 6) is 0.544. The van der Waals surface area contributed by atoms with Crippen LogP contribution in [0.3, 0.4) is 0 Å². The van der Waals surface area contributed by atoms with Crippen LogP contribution in [-0.4, -0.2) is 46.4 Å². The predicted molar refractivity (Wildman–Crippen MR) is 96.4 cm³/mol. The normalized spacial score (nSPS) is 19.2. The van der Waals surface area contributed by atoms with E-state index in [-0.39, 0.29) is 11.6 Å². The molecule has 136 valence electrons. The smallest absolute Gasteiger partial charge is 0.282 e. The molecule has 0 bridgehead atoms. The lowest BCUT2D eigenvalue weighted by molar-refractivity contribution is 0.307. The molecule has 2 heterocycles. The molecular formula is C16H21ClN4O3S. The Morgan fingerprint density at radius 3 is 2.80 bits per heavy atom. The molecule has 0 aliphatic carbocycles. The fraction of sp³-hybridized carbons (Fsp3) is 0.500. The summed E-state index contributed by atoms with van der Waals surface area (Å²) in [4.78, 5) is 12.5. The summed E-state index contributed by atoms with van der Waals surface area (Å²) in [6.45, 7) is 1.21. The Kier molecular flexibility index (Phi) is 5.04. The van der Waals surface area contributed by atoms with Crippen LogP contribution in [0, 0.1) is 0 Å². The maximum atomic E-state index is 12.5. The summed E-state index contributed by atoms with van der Waals surface area (Å²) in [6.07, 6.45) is 2.78. The van der Waals surface area contributed by atoms with Crippen molar-refractivity contribution in [2.75, 3.05) is 19.3 Å². The van der Waals surface area contributed by atoms with Gasteiger partial charge in [-0.15, -0.1) is 0 Å². The molecule has 2 aromatic rings. The van der Waals surface area contributed by atoms with Crippen molar-refractivity contribution in [2.45, 2.75) is 25.3 Å². The van der Waals surface area contributed by atoms with Crippen molar-refractivity contribution >= 4 is 21.6 Å². The highest BCUT2D eigenvalue weighted by Crippen LogP contribution is 2.26. The molecule has 3 rings (SSSR count). The van der Waals surface area contributed by atoms with E-state index in [0.29, 0.717) is 30.5 Å². The highest BCUT2D eigenvalue weighted by molar-refractivity contribution is 7.88. The fourth-order valence-electron chi connectivity index (χ4n) is 3.23. The molecule has 1 fully saturated rings. The summed E-state index contributed by atoms with van der Waals surface area (Å²) >= 11 is 5.99. The average molecular weight is 385 g/mol. The van der Waals surface area contributed by atoms with Gasteiger partial charge in [-0.3, -0.25) is 4.57 Å². The van der Waals surface area contributed by atoms with Gasteiger partial charge in [0.1, 0.15) is 5.82 Å². The Morgan fingerprint density at radius 2 is 2.12 bits per heavy atom. The minimum atomic E-state index is -3.24. The van der Waals surface area contributed by atoms with Gasteiger partial charge in [0.25, 0.3) is 0 Å². The summed E-state index contributed by atoms with van der Waals surface area (Å²) in [6, 6.07) is 7.30. The number of nitrogens with zero attached hydrogens (tertiary/aromatic N) is 4. The molecule has 9 heteroatoms. The van der Waals surface area contributed by atoms with E-state index in [1.54, 1.807) is 19.2 Å². The minimum absolute atomic E-state index is 0.0817. The van der Waals surface area contributed by atoms with E-state index < -0.39 is 10.0 Å². The van der Waals surface area contributed by atoms with Crippen LogP contribution in [0.1, 0.15) is 30.1 Å². The Balaban J connectivity index is 1.87. The molecular weight excluding hydrogens is 364 g/mol. The summed E-state index contributed by atoms with van der Waals surface area (Å²) < 4.78 is 28.0. The molecule has 1 aliphatic rings. The van der Waals surface area contributed by atoms with E-state index in [4.69, 9.17) is 11.6 Å². The highest BCUT2D eigenvalue weighted by atomic mass is 35.5. The van der Waals surface area contributed by atoms with Crippen molar-refractivity contribution in [3.63, 3.8) is 0 Å². The minimum Gasteiger partial charge on any atom is -0.282 e. The average Bonchev–Trinajstić information content (AvgIpc) is 2.83. The number of piperidine rings is 1. The Labute approximate surface area is 151 Å². The van der Waals surface area contributed by atoms with E-state index >= 15 is 0 Å². The first kappa shape index (κ1) is 18.2. The van der Waals surface area contributed by atoms with Crippen LogP contribution in [0.4, 0.5) is 0 Å². The van der Waals surface area contributed by atoms with Gasteiger partial charge in [-0.05, 0) is 30.5 Å². The summed E-state index contributed by atoms with van der Waals surface area (Å²) in [5.41, 5.74) is 0.673. The van der Waals surface area contributed by atoms with E-state index in [0.717, 1.165) is 18.4 Å². The van der Waals surface area contributed by atoms with Crippen molar-refractivity contribution in [1.29, 1.82) is 0 Å². The third-order valence-electron chi connectivity index (χ3n) is 4.51. The van der Waals surface area contributed by atoms with Crippen molar-refractivity contribution in [1.82, 2.24) is 18.7 Å². The lowest BCUT2D eigenvalue weighted by Gasteiger charge is -2.30. The van der Waals surface area contributed by atoms with E-state index in [1.807, 2.05) is 12.1 Å². The first-order chi connectivity index (χ1) is 11.8. The standard InChI is InChI=1S/C16H21ClN4O3S/c1-19-15(13-6-4-8-20(11-13)25(2,23)24)18-21(16(19)22)10-12-5-3-7-14(17)9-12/h3,5,7,9,13H,4,6,8,10-11H2,1-2H3. The van der Waals surface area contributed by atoms with Crippen LogP contribution in [0.5, 0.6) is 0 Å². The second-order valence-corrected chi connectivity index (χ2v) is 8.87. The molecule has 7 nitrogen and oxygen atoms in total.